The second kappa shape index (κ2) is 6.51. The van der Waals surface area contributed by atoms with Gasteiger partial charge >= 0.3 is 0 Å². The maximum Gasteiger partial charge on any atom is 0.0534 e. The van der Waals surface area contributed by atoms with Crippen molar-refractivity contribution in [3.8, 4) is 11.1 Å². The molecule has 0 bridgehead atoms. The van der Waals surface area contributed by atoms with Crippen molar-refractivity contribution < 1.29 is 0 Å². The quantitative estimate of drug-likeness (QED) is 0.436. The molecule has 2 aromatic carbocycles. The van der Waals surface area contributed by atoms with Crippen LogP contribution in [0.2, 0.25) is 0 Å². The fourth-order valence-corrected chi connectivity index (χ4v) is 6.49. The van der Waals surface area contributed by atoms with Crippen LogP contribution < -0.4 is 9.80 Å². The van der Waals surface area contributed by atoms with Gasteiger partial charge in [-0.1, -0.05) is 12.2 Å². The summed E-state index contributed by atoms with van der Waals surface area (Å²) in [5.41, 5.74) is 14.3. The van der Waals surface area contributed by atoms with Gasteiger partial charge in [0.2, 0.25) is 0 Å². The molecule has 31 heavy (non-hydrogen) atoms. The highest BCUT2D eigenvalue weighted by Crippen LogP contribution is 2.49. The highest BCUT2D eigenvalue weighted by Gasteiger charge is 2.35. The van der Waals surface area contributed by atoms with E-state index in [1.165, 1.54) is 55.9 Å². The molecule has 3 aliphatic rings. The molecule has 0 saturated carbocycles. The maximum atomic E-state index is 2.55. The molecule has 2 heteroatoms. The molecule has 162 valence electrons. The van der Waals surface area contributed by atoms with E-state index in [9.17, 15) is 0 Å². The van der Waals surface area contributed by atoms with E-state index in [0.29, 0.717) is 0 Å². The van der Waals surface area contributed by atoms with Crippen LogP contribution in [0.1, 0.15) is 77.6 Å². The minimum atomic E-state index is 0.0553. The van der Waals surface area contributed by atoms with E-state index in [4.69, 9.17) is 0 Å². The highest BCUT2D eigenvalue weighted by atomic mass is 15.2. The molecule has 0 fully saturated rings. The first-order valence-corrected chi connectivity index (χ1v) is 11.9. The van der Waals surface area contributed by atoms with E-state index in [1.54, 1.807) is 0 Å². The van der Waals surface area contributed by atoms with Gasteiger partial charge in [0.15, 0.2) is 0 Å². The SMILES string of the molecule is CCN1c2cc3c(cc2C(C)=CC1(C)C)-c1cc2c(cc1C3)N(CC)C(C)(C)C=C2C. The summed E-state index contributed by atoms with van der Waals surface area (Å²) < 4.78 is 0. The van der Waals surface area contributed by atoms with Crippen LogP contribution in [0.3, 0.4) is 0 Å². The Balaban J connectivity index is 1.69. The van der Waals surface area contributed by atoms with Gasteiger partial charge in [0.1, 0.15) is 0 Å². The monoisotopic (exact) mass is 412 g/mol. The number of rotatable bonds is 2. The second-order valence-electron chi connectivity index (χ2n) is 10.7. The van der Waals surface area contributed by atoms with Gasteiger partial charge in [0.25, 0.3) is 0 Å². The van der Waals surface area contributed by atoms with Crippen LogP contribution in [0.4, 0.5) is 11.4 Å². The van der Waals surface area contributed by atoms with E-state index < -0.39 is 0 Å². The smallest absolute Gasteiger partial charge is 0.0534 e. The molecule has 0 saturated heterocycles. The van der Waals surface area contributed by atoms with Gasteiger partial charge in [-0.3, -0.25) is 0 Å². The van der Waals surface area contributed by atoms with Gasteiger partial charge in [-0.2, -0.15) is 0 Å². The lowest BCUT2D eigenvalue weighted by Crippen LogP contribution is -2.45. The molecular formula is C29H36N2. The summed E-state index contributed by atoms with van der Waals surface area (Å²) in [5, 5.41) is 0. The standard InChI is InChI=1S/C29H36N2/c1-9-30-26-12-20-11-21-13-27-23(19(4)17-29(7,8)31(27)10-2)15-25(21)24(20)14-22(26)18(3)16-28(30,5)6/h12-17H,9-11H2,1-8H3. The predicted molar refractivity (Wildman–Crippen MR) is 136 cm³/mol. The van der Waals surface area contributed by atoms with Crippen molar-refractivity contribution in [2.45, 2.75) is 72.9 Å². The van der Waals surface area contributed by atoms with Crippen LogP contribution in [-0.2, 0) is 6.42 Å². The molecule has 2 nitrogen and oxygen atoms in total. The van der Waals surface area contributed by atoms with E-state index in [-0.39, 0.29) is 11.1 Å². The van der Waals surface area contributed by atoms with Crippen molar-refractivity contribution in [1.29, 1.82) is 0 Å². The van der Waals surface area contributed by atoms with Crippen molar-refractivity contribution in [3.63, 3.8) is 0 Å². The van der Waals surface area contributed by atoms with Crippen LogP contribution in [0.5, 0.6) is 0 Å². The first-order chi connectivity index (χ1) is 14.6. The average Bonchev–Trinajstić information content (AvgIpc) is 3.01. The molecule has 2 aromatic rings. The zero-order valence-electron chi connectivity index (χ0n) is 20.5. The maximum absolute atomic E-state index is 2.55. The summed E-state index contributed by atoms with van der Waals surface area (Å²) in [6.45, 7) is 20.4. The zero-order valence-corrected chi connectivity index (χ0v) is 20.5. The Hall–Kier alpha value is -2.48. The molecule has 0 atom stereocenters. The van der Waals surface area contributed by atoms with Crippen molar-refractivity contribution in [1.82, 2.24) is 0 Å². The second-order valence-corrected chi connectivity index (χ2v) is 10.7. The number of nitrogens with zero attached hydrogens (tertiary/aromatic N) is 2. The number of fused-ring (bicyclic) bond motifs is 5. The number of hydrogen-bond acceptors (Lipinski definition) is 2. The minimum Gasteiger partial charge on any atom is -0.363 e. The Kier molecular flexibility index (Phi) is 4.29. The van der Waals surface area contributed by atoms with Crippen LogP contribution in [0.15, 0.2) is 36.4 Å². The van der Waals surface area contributed by atoms with Crippen LogP contribution in [-0.4, -0.2) is 24.2 Å². The van der Waals surface area contributed by atoms with Crippen molar-refractivity contribution in [3.05, 3.63) is 58.7 Å². The van der Waals surface area contributed by atoms with Gasteiger partial charge in [-0.05, 0) is 119 Å². The summed E-state index contributed by atoms with van der Waals surface area (Å²) in [6.07, 6.45) is 5.90. The Labute approximate surface area is 188 Å². The molecule has 0 radical (unpaired) electrons. The van der Waals surface area contributed by atoms with Crippen molar-refractivity contribution in [2.24, 2.45) is 0 Å². The summed E-state index contributed by atoms with van der Waals surface area (Å²) in [4.78, 5) is 5.11. The molecule has 0 N–H and O–H groups in total. The lowest BCUT2D eigenvalue weighted by Gasteiger charge is -2.43. The third-order valence-electron chi connectivity index (χ3n) is 7.71. The first-order valence-electron chi connectivity index (χ1n) is 11.9. The third-order valence-corrected chi connectivity index (χ3v) is 7.71. The third kappa shape index (κ3) is 2.83. The van der Waals surface area contributed by atoms with Gasteiger partial charge in [0.05, 0.1) is 11.1 Å². The minimum absolute atomic E-state index is 0.0553. The summed E-state index contributed by atoms with van der Waals surface area (Å²) in [6, 6.07) is 9.90. The molecule has 0 spiro atoms. The summed E-state index contributed by atoms with van der Waals surface area (Å²) >= 11 is 0. The number of likely N-dealkylation sites (N-methyl/N-ethyl adjacent to an activating group) is 2. The van der Waals surface area contributed by atoms with Crippen molar-refractivity contribution in [2.75, 3.05) is 22.9 Å². The van der Waals surface area contributed by atoms with Crippen molar-refractivity contribution >= 4 is 22.5 Å². The van der Waals surface area contributed by atoms with Crippen LogP contribution in [0, 0.1) is 0 Å². The van der Waals surface area contributed by atoms with Crippen LogP contribution >= 0.6 is 0 Å². The molecule has 0 amide bonds. The average molecular weight is 413 g/mol. The molecule has 0 aromatic heterocycles. The molecule has 5 rings (SSSR count). The topological polar surface area (TPSA) is 6.48 Å². The first kappa shape index (κ1) is 20.4. The van der Waals surface area contributed by atoms with E-state index in [1.807, 2.05) is 0 Å². The van der Waals surface area contributed by atoms with Gasteiger partial charge < -0.3 is 9.80 Å². The van der Waals surface area contributed by atoms with E-state index in [0.717, 1.165) is 19.5 Å². The lowest BCUT2D eigenvalue weighted by molar-refractivity contribution is 0.566. The van der Waals surface area contributed by atoms with E-state index in [2.05, 4.69) is 102 Å². The molecule has 0 unspecified atom stereocenters. The molecule has 1 aliphatic carbocycles. The number of allylic oxidation sites excluding steroid dienone is 2. The summed E-state index contributed by atoms with van der Waals surface area (Å²) in [5.74, 6) is 0. The zero-order chi connectivity index (χ0) is 22.3. The van der Waals surface area contributed by atoms with Gasteiger partial charge in [0, 0.05) is 35.6 Å². The highest BCUT2D eigenvalue weighted by molar-refractivity contribution is 5.92. The molecule has 2 heterocycles. The largest absolute Gasteiger partial charge is 0.363 e. The Morgan fingerprint density at radius 3 is 1.39 bits per heavy atom. The van der Waals surface area contributed by atoms with Gasteiger partial charge in [-0.15, -0.1) is 0 Å². The number of hydrogen-bond donors (Lipinski definition) is 0. The molecule has 2 aliphatic heterocycles. The number of benzene rings is 2. The molecular weight excluding hydrogens is 376 g/mol. The fraction of sp³-hybridized carbons (Fsp3) is 0.448. The summed E-state index contributed by atoms with van der Waals surface area (Å²) in [7, 11) is 0. The Bertz CT molecular complexity index is 1070. The van der Waals surface area contributed by atoms with Gasteiger partial charge in [-0.25, -0.2) is 0 Å². The predicted octanol–water partition coefficient (Wildman–Crippen LogP) is 7.30. The van der Waals surface area contributed by atoms with Crippen LogP contribution in [0.25, 0.3) is 22.3 Å². The Morgan fingerprint density at radius 1 is 0.645 bits per heavy atom. The van der Waals surface area contributed by atoms with E-state index >= 15 is 0 Å². The lowest BCUT2D eigenvalue weighted by atomic mass is 9.85. The number of anilines is 2. The normalized spacial score (nSPS) is 19.9. The fourth-order valence-electron chi connectivity index (χ4n) is 6.49. The Morgan fingerprint density at radius 2 is 1.03 bits per heavy atom.